The van der Waals surface area contributed by atoms with Crippen molar-refractivity contribution in [2.24, 2.45) is 11.7 Å². The van der Waals surface area contributed by atoms with Crippen LogP contribution in [0.15, 0.2) is 34.9 Å². The van der Waals surface area contributed by atoms with Gasteiger partial charge in [-0.2, -0.15) is 0 Å². The predicted molar refractivity (Wildman–Crippen MR) is 122 cm³/mol. The molecule has 170 valence electrons. The summed E-state index contributed by atoms with van der Waals surface area (Å²) in [7, 11) is 0. The average molecular weight is 437 g/mol. The number of carbonyl (C=O) groups is 2. The summed E-state index contributed by atoms with van der Waals surface area (Å²) >= 11 is 0. The van der Waals surface area contributed by atoms with E-state index < -0.39 is 5.79 Å². The molecule has 5 rings (SSSR count). The number of Topliss-reactive ketones (excluding diaryl/α,β-unsaturated/α-hetero) is 1. The zero-order valence-corrected chi connectivity index (χ0v) is 19.2. The Labute approximate surface area is 189 Å². The Morgan fingerprint density at radius 1 is 1.09 bits per heavy atom. The Bertz CT molecular complexity index is 1050. The van der Waals surface area contributed by atoms with Crippen LogP contribution in [-0.4, -0.2) is 41.5 Å². The number of carbonyl (C=O) groups excluding carboxylic acids is 2. The molecular formula is C26H32N2O4. The maximum Gasteiger partial charge on any atom is 0.254 e. The van der Waals surface area contributed by atoms with Gasteiger partial charge in [0.15, 0.2) is 17.3 Å². The van der Waals surface area contributed by atoms with E-state index in [1.54, 1.807) is 4.90 Å². The number of ketones is 1. The highest BCUT2D eigenvalue weighted by molar-refractivity contribution is 6.02. The number of amides is 1. The van der Waals surface area contributed by atoms with Crippen molar-refractivity contribution in [1.82, 2.24) is 4.90 Å². The first-order valence-electron chi connectivity index (χ1n) is 11.7. The quantitative estimate of drug-likeness (QED) is 0.777. The molecule has 0 spiro atoms. The van der Waals surface area contributed by atoms with Crippen LogP contribution in [0.4, 0.5) is 0 Å². The van der Waals surface area contributed by atoms with Gasteiger partial charge in [-0.1, -0.05) is 11.6 Å². The first-order valence-corrected chi connectivity index (χ1v) is 11.7. The fourth-order valence-corrected chi connectivity index (χ4v) is 5.60. The Kier molecular flexibility index (Phi) is 5.16. The molecule has 32 heavy (non-hydrogen) atoms. The molecule has 2 aliphatic heterocycles. The predicted octanol–water partition coefficient (Wildman–Crippen LogP) is 3.93. The van der Waals surface area contributed by atoms with E-state index >= 15 is 0 Å². The monoisotopic (exact) mass is 436 g/mol. The fraction of sp³-hybridized carbons (Fsp3) is 0.538. The SMILES string of the molecule is CC1=CC(C)=C(CN2CCc3cc4c(cc3C2=O)OC(C)(C2CCC(N)CC2)O4)C(=O)C1. The first-order chi connectivity index (χ1) is 15.2. The third kappa shape index (κ3) is 3.64. The number of nitrogens with two attached hydrogens (primary N) is 1. The minimum Gasteiger partial charge on any atom is -0.448 e. The maximum absolute atomic E-state index is 13.3. The van der Waals surface area contributed by atoms with Crippen molar-refractivity contribution in [3.8, 4) is 11.5 Å². The highest BCUT2D eigenvalue weighted by atomic mass is 16.7. The van der Waals surface area contributed by atoms with Crippen molar-refractivity contribution in [2.75, 3.05) is 13.1 Å². The van der Waals surface area contributed by atoms with Crippen LogP contribution in [-0.2, 0) is 11.2 Å². The highest BCUT2D eigenvalue weighted by Crippen LogP contribution is 2.47. The number of benzene rings is 1. The average Bonchev–Trinajstić information content (AvgIpc) is 3.07. The van der Waals surface area contributed by atoms with E-state index in [9.17, 15) is 9.59 Å². The molecule has 1 unspecified atom stereocenters. The number of ether oxygens (including phenoxy) is 2. The normalized spacial score (nSPS) is 29.9. The standard InChI is InChI=1S/C26H32N2O4/c1-15-10-16(2)21(22(29)11-15)14-28-9-8-17-12-23-24(13-20(17)25(28)30)32-26(3,31-23)18-4-6-19(27)7-5-18/h10,12-13,18-19H,4-9,11,14,27H2,1-3H3. The summed E-state index contributed by atoms with van der Waals surface area (Å²) in [4.78, 5) is 27.7. The lowest BCUT2D eigenvalue weighted by Crippen LogP contribution is -2.46. The Morgan fingerprint density at radius 2 is 1.78 bits per heavy atom. The van der Waals surface area contributed by atoms with E-state index in [2.05, 4.69) is 6.08 Å². The number of nitrogens with zero attached hydrogens (tertiary/aromatic N) is 1. The van der Waals surface area contributed by atoms with Gasteiger partial charge < -0.3 is 20.1 Å². The number of allylic oxidation sites excluding steroid dienone is 3. The molecule has 4 aliphatic rings. The molecule has 2 aliphatic carbocycles. The topological polar surface area (TPSA) is 81.9 Å². The lowest BCUT2D eigenvalue weighted by molar-refractivity contribution is -0.120. The van der Waals surface area contributed by atoms with Crippen molar-refractivity contribution in [3.63, 3.8) is 0 Å². The van der Waals surface area contributed by atoms with E-state index in [1.807, 2.05) is 32.9 Å². The van der Waals surface area contributed by atoms with Crippen LogP contribution >= 0.6 is 0 Å². The van der Waals surface area contributed by atoms with Crippen LogP contribution in [0.2, 0.25) is 0 Å². The van der Waals surface area contributed by atoms with Gasteiger partial charge in [0.1, 0.15) is 0 Å². The lowest BCUT2D eigenvalue weighted by Gasteiger charge is -2.36. The molecule has 1 atom stereocenters. The number of hydrogen-bond donors (Lipinski definition) is 1. The second-order valence-corrected chi connectivity index (χ2v) is 10.0. The molecular weight excluding hydrogens is 404 g/mol. The van der Waals surface area contributed by atoms with Crippen LogP contribution in [0.25, 0.3) is 0 Å². The molecule has 1 amide bonds. The number of fused-ring (bicyclic) bond motifs is 2. The second-order valence-electron chi connectivity index (χ2n) is 10.0. The van der Waals surface area contributed by atoms with Crippen LogP contribution in [0.3, 0.4) is 0 Å². The molecule has 1 fully saturated rings. The van der Waals surface area contributed by atoms with Crippen molar-refractivity contribution in [2.45, 2.75) is 71.1 Å². The minimum absolute atomic E-state index is 0.0470. The molecule has 2 N–H and O–H groups in total. The molecule has 6 heteroatoms. The largest absolute Gasteiger partial charge is 0.448 e. The second kappa shape index (κ2) is 7.77. The van der Waals surface area contributed by atoms with E-state index in [-0.39, 0.29) is 23.7 Å². The molecule has 1 saturated carbocycles. The molecule has 0 bridgehead atoms. The van der Waals surface area contributed by atoms with Crippen LogP contribution in [0.1, 0.15) is 68.8 Å². The van der Waals surface area contributed by atoms with Crippen molar-refractivity contribution in [3.05, 3.63) is 46.1 Å². The van der Waals surface area contributed by atoms with Gasteiger partial charge in [-0.15, -0.1) is 0 Å². The van der Waals surface area contributed by atoms with E-state index in [4.69, 9.17) is 15.2 Å². The van der Waals surface area contributed by atoms with Crippen LogP contribution in [0, 0.1) is 5.92 Å². The summed E-state index contributed by atoms with van der Waals surface area (Å²) in [5.74, 6) is 1.00. The van der Waals surface area contributed by atoms with E-state index in [0.717, 1.165) is 60.1 Å². The van der Waals surface area contributed by atoms with Crippen molar-refractivity contribution < 1.29 is 19.1 Å². The summed E-state index contributed by atoms with van der Waals surface area (Å²) in [6, 6.07) is 4.08. The first kappa shape index (κ1) is 21.3. The molecule has 0 radical (unpaired) electrons. The Hall–Kier alpha value is -2.60. The lowest BCUT2D eigenvalue weighted by atomic mass is 9.81. The van der Waals surface area contributed by atoms with Gasteiger partial charge in [0.2, 0.25) is 0 Å². The molecule has 6 nitrogen and oxygen atoms in total. The Morgan fingerprint density at radius 3 is 2.47 bits per heavy atom. The van der Waals surface area contributed by atoms with Gasteiger partial charge in [0, 0.05) is 49.5 Å². The Balaban J connectivity index is 1.36. The summed E-state index contributed by atoms with van der Waals surface area (Å²) in [6.07, 6.45) is 7.15. The fourth-order valence-electron chi connectivity index (χ4n) is 5.60. The van der Waals surface area contributed by atoms with Gasteiger partial charge in [-0.3, -0.25) is 9.59 Å². The van der Waals surface area contributed by atoms with Crippen molar-refractivity contribution >= 4 is 11.7 Å². The smallest absolute Gasteiger partial charge is 0.254 e. The maximum atomic E-state index is 13.3. The zero-order chi connectivity index (χ0) is 22.6. The molecule has 1 aromatic rings. The van der Waals surface area contributed by atoms with Crippen LogP contribution < -0.4 is 15.2 Å². The minimum atomic E-state index is -0.713. The van der Waals surface area contributed by atoms with E-state index in [1.165, 1.54) is 0 Å². The summed E-state index contributed by atoms with van der Waals surface area (Å²) in [6.45, 7) is 6.88. The highest BCUT2D eigenvalue weighted by Gasteiger charge is 2.46. The third-order valence-electron chi connectivity index (χ3n) is 7.54. The third-order valence-corrected chi connectivity index (χ3v) is 7.54. The molecule has 0 aromatic heterocycles. The van der Waals surface area contributed by atoms with Crippen molar-refractivity contribution in [1.29, 1.82) is 0 Å². The molecule has 0 saturated heterocycles. The number of rotatable bonds is 3. The number of hydrogen-bond acceptors (Lipinski definition) is 5. The van der Waals surface area contributed by atoms with Gasteiger partial charge in [-0.05, 0) is 69.2 Å². The molecule has 2 heterocycles. The summed E-state index contributed by atoms with van der Waals surface area (Å²) < 4.78 is 12.6. The zero-order valence-electron chi connectivity index (χ0n) is 19.2. The van der Waals surface area contributed by atoms with Gasteiger partial charge in [0.25, 0.3) is 11.7 Å². The van der Waals surface area contributed by atoms with Crippen LogP contribution in [0.5, 0.6) is 11.5 Å². The summed E-state index contributed by atoms with van der Waals surface area (Å²) in [5, 5.41) is 0. The molecule has 1 aromatic carbocycles. The summed E-state index contributed by atoms with van der Waals surface area (Å²) in [5.41, 5.74) is 10.5. The van der Waals surface area contributed by atoms with Gasteiger partial charge in [-0.25, -0.2) is 0 Å². The van der Waals surface area contributed by atoms with Gasteiger partial charge >= 0.3 is 0 Å². The van der Waals surface area contributed by atoms with Gasteiger partial charge in [0.05, 0.1) is 0 Å². The van der Waals surface area contributed by atoms with E-state index in [0.29, 0.717) is 30.8 Å².